The van der Waals surface area contributed by atoms with Crippen molar-refractivity contribution in [3.05, 3.63) is 35.6 Å². The molecule has 2 aromatic rings. The first-order valence-electron chi connectivity index (χ1n) is 4.14. The van der Waals surface area contributed by atoms with Crippen LogP contribution in [-0.2, 0) is 0 Å². The molecule has 1 aromatic carbocycles. The number of H-pyrrole nitrogens is 1. The van der Waals surface area contributed by atoms with E-state index < -0.39 is 0 Å². The van der Waals surface area contributed by atoms with Crippen molar-refractivity contribution in [3.8, 4) is 17.1 Å². The summed E-state index contributed by atoms with van der Waals surface area (Å²) in [7, 11) is 1.62. The van der Waals surface area contributed by atoms with Crippen LogP contribution in [0.2, 0.25) is 5.02 Å². The number of benzene rings is 1. The maximum Gasteiger partial charge on any atom is 0.141 e. The lowest BCUT2D eigenvalue weighted by atomic mass is 10.2. The molecular formula is C10H9ClN2O. The van der Waals surface area contributed by atoms with Gasteiger partial charge in [0.1, 0.15) is 11.6 Å². The number of methoxy groups -OCH3 is 1. The molecule has 0 fully saturated rings. The molecule has 0 aliphatic carbocycles. The molecule has 0 amide bonds. The first-order chi connectivity index (χ1) is 6.81. The van der Waals surface area contributed by atoms with Gasteiger partial charge in [0.15, 0.2) is 0 Å². The Morgan fingerprint density at radius 2 is 2.29 bits per heavy atom. The largest absolute Gasteiger partial charge is 0.496 e. The highest BCUT2D eigenvalue weighted by Gasteiger charge is 2.07. The average molecular weight is 209 g/mol. The van der Waals surface area contributed by atoms with Gasteiger partial charge in [-0.15, -0.1) is 0 Å². The highest BCUT2D eigenvalue weighted by Crippen LogP contribution is 2.29. The van der Waals surface area contributed by atoms with Crippen molar-refractivity contribution in [2.24, 2.45) is 0 Å². The predicted molar refractivity (Wildman–Crippen MR) is 55.6 cm³/mol. The molecule has 0 saturated carbocycles. The fraction of sp³-hybridized carbons (Fsp3) is 0.100. The number of hydrogen-bond donors (Lipinski definition) is 1. The molecule has 1 heterocycles. The molecule has 0 aliphatic rings. The van der Waals surface area contributed by atoms with Crippen LogP contribution in [0.15, 0.2) is 30.6 Å². The Bertz CT molecular complexity index is 426. The van der Waals surface area contributed by atoms with Crippen molar-refractivity contribution in [3.63, 3.8) is 0 Å². The van der Waals surface area contributed by atoms with E-state index in [9.17, 15) is 0 Å². The average Bonchev–Trinajstić information content (AvgIpc) is 2.70. The first kappa shape index (κ1) is 9.09. The Morgan fingerprint density at radius 1 is 1.43 bits per heavy atom. The molecule has 0 radical (unpaired) electrons. The van der Waals surface area contributed by atoms with Crippen LogP contribution in [0.5, 0.6) is 5.75 Å². The second-order valence-electron chi connectivity index (χ2n) is 2.78. The van der Waals surface area contributed by atoms with E-state index in [1.54, 1.807) is 25.6 Å². The molecule has 0 saturated heterocycles. The van der Waals surface area contributed by atoms with Crippen LogP contribution in [0.25, 0.3) is 11.4 Å². The number of aromatic amines is 1. The van der Waals surface area contributed by atoms with E-state index in [1.807, 2.05) is 12.1 Å². The molecule has 0 aliphatic heterocycles. The standard InChI is InChI=1S/C10H9ClN2O/c1-14-9-3-2-7(11)6-8(9)10-12-4-5-13-10/h2-6H,1H3,(H,12,13). The van der Waals surface area contributed by atoms with E-state index in [4.69, 9.17) is 16.3 Å². The summed E-state index contributed by atoms with van der Waals surface area (Å²) < 4.78 is 5.21. The number of rotatable bonds is 2. The van der Waals surface area contributed by atoms with E-state index in [0.717, 1.165) is 17.1 Å². The summed E-state index contributed by atoms with van der Waals surface area (Å²) in [6, 6.07) is 5.42. The molecular weight excluding hydrogens is 200 g/mol. The van der Waals surface area contributed by atoms with Gasteiger partial charge in [-0.3, -0.25) is 0 Å². The molecule has 72 valence electrons. The van der Waals surface area contributed by atoms with Crippen LogP contribution in [0.4, 0.5) is 0 Å². The van der Waals surface area contributed by atoms with Gasteiger partial charge >= 0.3 is 0 Å². The van der Waals surface area contributed by atoms with Gasteiger partial charge in [0.05, 0.1) is 12.7 Å². The number of nitrogens with one attached hydrogen (secondary N) is 1. The molecule has 4 heteroatoms. The molecule has 2 rings (SSSR count). The molecule has 0 bridgehead atoms. The van der Waals surface area contributed by atoms with E-state index >= 15 is 0 Å². The summed E-state index contributed by atoms with van der Waals surface area (Å²) in [4.78, 5) is 7.15. The van der Waals surface area contributed by atoms with Crippen LogP contribution in [-0.4, -0.2) is 17.1 Å². The van der Waals surface area contributed by atoms with Gasteiger partial charge in [0.25, 0.3) is 0 Å². The number of ether oxygens (including phenoxy) is 1. The van der Waals surface area contributed by atoms with Crippen LogP contribution in [0, 0.1) is 0 Å². The van der Waals surface area contributed by atoms with Gasteiger partial charge in [-0.1, -0.05) is 11.6 Å². The lowest BCUT2D eigenvalue weighted by molar-refractivity contribution is 0.416. The SMILES string of the molecule is COc1ccc(Cl)cc1-c1ncc[nH]1. The van der Waals surface area contributed by atoms with Gasteiger partial charge in [0, 0.05) is 17.4 Å². The lowest BCUT2D eigenvalue weighted by Crippen LogP contribution is -1.88. The lowest BCUT2D eigenvalue weighted by Gasteiger charge is -2.05. The van der Waals surface area contributed by atoms with E-state index in [2.05, 4.69) is 9.97 Å². The maximum absolute atomic E-state index is 5.89. The number of hydrogen-bond acceptors (Lipinski definition) is 2. The van der Waals surface area contributed by atoms with Crippen LogP contribution in [0.1, 0.15) is 0 Å². The summed E-state index contributed by atoms with van der Waals surface area (Å²) >= 11 is 5.89. The Hall–Kier alpha value is -1.48. The van der Waals surface area contributed by atoms with Gasteiger partial charge in [-0.25, -0.2) is 4.98 Å². The van der Waals surface area contributed by atoms with Crippen LogP contribution < -0.4 is 4.74 Å². The maximum atomic E-state index is 5.89. The zero-order valence-corrected chi connectivity index (χ0v) is 8.38. The zero-order valence-electron chi connectivity index (χ0n) is 7.62. The number of aromatic nitrogens is 2. The van der Waals surface area contributed by atoms with Gasteiger partial charge in [-0.05, 0) is 18.2 Å². The highest BCUT2D eigenvalue weighted by molar-refractivity contribution is 6.30. The molecule has 0 unspecified atom stereocenters. The Kier molecular flexibility index (Phi) is 2.41. The number of halogens is 1. The third-order valence-corrected chi connectivity index (χ3v) is 2.15. The normalized spacial score (nSPS) is 10.1. The number of nitrogens with zero attached hydrogens (tertiary/aromatic N) is 1. The smallest absolute Gasteiger partial charge is 0.141 e. The van der Waals surface area contributed by atoms with Crippen molar-refractivity contribution >= 4 is 11.6 Å². The summed E-state index contributed by atoms with van der Waals surface area (Å²) in [5.41, 5.74) is 0.866. The van der Waals surface area contributed by atoms with E-state index in [0.29, 0.717) is 5.02 Å². The minimum Gasteiger partial charge on any atom is -0.496 e. The van der Waals surface area contributed by atoms with Crippen molar-refractivity contribution < 1.29 is 4.74 Å². The quantitative estimate of drug-likeness (QED) is 0.824. The van der Waals surface area contributed by atoms with Gasteiger partial charge in [-0.2, -0.15) is 0 Å². The molecule has 0 spiro atoms. The highest BCUT2D eigenvalue weighted by atomic mass is 35.5. The van der Waals surface area contributed by atoms with Crippen molar-refractivity contribution in [2.45, 2.75) is 0 Å². The summed E-state index contributed by atoms with van der Waals surface area (Å²) in [5, 5.41) is 0.664. The van der Waals surface area contributed by atoms with E-state index in [1.165, 1.54) is 0 Å². The Labute approximate surface area is 86.7 Å². The third-order valence-electron chi connectivity index (χ3n) is 1.91. The summed E-state index contributed by atoms with van der Waals surface area (Å²) in [5.74, 6) is 1.51. The Morgan fingerprint density at radius 3 is 2.93 bits per heavy atom. The van der Waals surface area contributed by atoms with Gasteiger partial charge in [0.2, 0.25) is 0 Å². The third kappa shape index (κ3) is 1.59. The van der Waals surface area contributed by atoms with Crippen LogP contribution in [0.3, 0.4) is 0 Å². The predicted octanol–water partition coefficient (Wildman–Crippen LogP) is 2.74. The molecule has 0 atom stereocenters. The first-order valence-corrected chi connectivity index (χ1v) is 4.52. The molecule has 14 heavy (non-hydrogen) atoms. The van der Waals surface area contributed by atoms with Crippen molar-refractivity contribution in [2.75, 3.05) is 7.11 Å². The number of imidazole rings is 1. The fourth-order valence-corrected chi connectivity index (χ4v) is 1.45. The zero-order chi connectivity index (χ0) is 9.97. The summed E-state index contributed by atoms with van der Waals surface area (Å²) in [6.45, 7) is 0. The second-order valence-corrected chi connectivity index (χ2v) is 3.22. The fourth-order valence-electron chi connectivity index (χ4n) is 1.28. The topological polar surface area (TPSA) is 37.9 Å². The van der Waals surface area contributed by atoms with Gasteiger partial charge < -0.3 is 9.72 Å². The summed E-state index contributed by atoms with van der Waals surface area (Å²) in [6.07, 6.45) is 3.45. The molecule has 1 aromatic heterocycles. The molecule has 3 nitrogen and oxygen atoms in total. The minimum atomic E-state index is 0.664. The molecule has 1 N–H and O–H groups in total. The second kappa shape index (κ2) is 3.72. The monoisotopic (exact) mass is 208 g/mol. The minimum absolute atomic E-state index is 0.664. The van der Waals surface area contributed by atoms with Crippen LogP contribution >= 0.6 is 11.6 Å². The van der Waals surface area contributed by atoms with Crippen molar-refractivity contribution in [1.29, 1.82) is 0 Å². The van der Waals surface area contributed by atoms with E-state index in [-0.39, 0.29) is 0 Å². The Balaban J connectivity index is 2.55. The van der Waals surface area contributed by atoms with Crippen molar-refractivity contribution in [1.82, 2.24) is 9.97 Å².